The molecule has 1 fully saturated rings. The molecule has 0 heterocycles. The molecular weight excluding hydrogens is 420 g/mol. The summed E-state index contributed by atoms with van der Waals surface area (Å²) in [5.41, 5.74) is 9.01. The minimum absolute atomic E-state index is 0.299. The highest BCUT2D eigenvalue weighted by atomic mass is 16.5. The fourth-order valence-electron chi connectivity index (χ4n) is 5.02. The van der Waals surface area contributed by atoms with Crippen LogP contribution in [0.3, 0.4) is 0 Å². The molecule has 0 aromatic heterocycles. The maximum absolute atomic E-state index is 13.0. The molecule has 0 amide bonds. The summed E-state index contributed by atoms with van der Waals surface area (Å²) < 4.78 is 5.24. The highest BCUT2D eigenvalue weighted by Crippen LogP contribution is 2.37. The molecule has 0 aliphatic heterocycles. The van der Waals surface area contributed by atoms with Crippen molar-refractivity contribution in [2.75, 3.05) is 24.3 Å². The molecule has 4 rings (SSSR count). The first-order valence-electron chi connectivity index (χ1n) is 12.5. The molecule has 4 nitrogen and oxygen atoms in total. The zero-order valence-corrected chi connectivity index (χ0v) is 20.8. The van der Waals surface area contributed by atoms with Crippen LogP contribution in [0.2, 0.25) is 0 Å². The smallest absolute Gasteiger partial charge is 0.338 e. The van der Waals surface area contributed by atoms with Gasteiger partial charge in [-0.3, -0.25) is 0 Å². The number of anilines is 2. The van der Waals surface area contributed by atoms with Gasteiger partial charge in [0, 0.05) is 24.0 Å². The lowest BCUT2D eigenvalue weighted by molar-refractivity contribution is 0.0601. The monoisotopic (exact) mass is 456 g/mol. The SMILES string of the molecule is CCCNc1ccc(-c2cc(C)c(-c3ccc(NC4CCCC4)cc3)c(C(=O)OC)c2C)cc1. The number of methoxy groups -OCH3 is 1. The summed E-state index contributed by atoms with van der Waals surface area (Å²) in [7, 11) is 1.45. The van der Waals surface area contributed by atoms with E-state index in [-0.39, 0.29) is 5.97 Å². The van der Waals surface area contributed by atoms with Gasteiger partial charge in [0.2, 0.25) is 0 Å². The molecule has 0 radical (unpaired) electrons. The summed E-state index contributed by atoms with van der Waals surface area (Å²) in [6, 6.07) is 19.7. The van der Waals surface area contributed by atoms with Gasteiger partial charge in [0.1, 0.15) is 0 Å². The molecule has 0 spiro atoms. The van der Waals surface area contributed by atoms with E-state index in [0.717, 1.165) is 57.7 Å². The Bertz CT molecular complexity index is 1130. The third-order valence-corrected chi connectivity index (χ3v) is 6.85. The van der Waals surface area contributed by atoms with Crippen molar-refractivity contribution in [1.29, 1.82) is 0 Å². The molecule has 1 aliphatic rings. The third-order valence-electron chi connectivity index (χ3n) is 6.85. The molecule has 4 heteroatoms. The Kier molecular flexibility index (Phi) is 7.56. The first-order chi connectivity index (χ1) is 16.5. The molecule has 0 bridgehead atoms. The molecule has 1 saturated carbocycles. The summed E-state index contributed by atoms with van der Waals surface area (Å²) in [5, 5.41) is 7.06. The fraction of sp³-hybridized carbons (Fsp3) is 0.367. The predicted molar refractivity (Wildman–Crippen MR) is 143 cm³/mol. The lowest BCUT2D eigenvalue weighted by Crippen LogP contribution is -2.14. The van der Waals surface area contributed by atoms with Crippen molar-refractivity contribution in [1.82, 2.24) is 0 Å². The van der Waals surface area contributed by atoms with Gasteiger partial charge in [0.15, 0.2) is 0 Å². The summed E-state index contributed by atoms with van der Waals surface area (Å²) in [4.78, 5) is 13.0. The Morgan fingerprint density at radius 1 is 0.941 bits per heavy atom. The summed E-state index contributed by atoms with van der Waals surface area (Å²) in [5.74, 6) is -0.299. The predicted octanol–water partition coefficient (Wildman–Crippen LogP) is 7.60. The minimum atomic E-state index is -0.299. The van der Waals surface area contributed by atoms with Crippen LogP contribution in [0.15, 0.2) is 54.6 Å². The Balaban J connectivity index is 1.70. The number of hydrogen-bond acceptors (Lipinski definition) is 4. The second kappa shape index (κ2) is 10.8. The van der Waals surface area contributed by atoms with Crippen LogP contribution in [-0.4, -0.2) is 25.7 Å². The second-order valence-corrected chi connectivity index (χ2v) is 9.31. The van der Waals surface area contributed by atoms with E-state index in [0.29, 0.717) is 11.6 Å². The molecule has 0 atom stereocenters. The van der Waals surface area contributed by atoms with Gasteiger partial charge in [-0.25, -0.2) is 4.79 Å². The highest BCUT2D eigenvalue weighted by molar-refractivity contribution is 6.02. The van der Waals surface area contributed by atoms with Crippen LogP contribution < -0.4 is 10.6 Å². The Labute approximate surface area is 203 Å². The van der Waals surface area contributed by atoms with E-state index in [1.807, 2.05) is 6.92 Å². The van der Waals surface area contributed by atoms with Crippen molar-refractivity contribution in [3.05, 3.63) is 71.3 Å². The molecule has 178 valence electrons. The molecule has 0 saturated heterocycles. The molecule has 3 aromatic carbocycles. The van der Waals surface area contributed by atoms with E-state index < -0.39 is 0 Å². The Morgan fingerprint density at radius 3 is 2.18 bits per heavy atom. The lowest BCUT2D eigenvalue weighted by Gasteiger charge is -2.19. The van der Waals surface area contributed by atoms with Crippen LogP contribution in [0.1, 0.15) is 60.5 Å². The summed E-state index contributed by atoms with van der Waals surface area (Å²) in [6.45, 7) is 7.20. The number of ether oxygens (including phenoxy) is 1. The molecule has 3 aromatic rings. The highest BCUT2D eigenvalue weighted by Gasteiger charge is 2.22. The number of rotatable bonds is 8. The summed E-state index contributed by atoms with van der Waals surface area (Å²) in [6.07, 6.45) is 6.18. The molecule has 0 unspecified atom stereocenters. The van der Waals surface area contributed by atoms with Gasteiger partial charge < -0.3 is 15.4 Å². The van der Waals surface area contributed by atoms with Crippen molar-refractivity contribution in [3.8, 4) is 22.3 Å². The van der Waals surface area contributed by atoms with Crippen LogP contribution in [-0.2, 0) is 4.74 Å². The largest absolute Gasteiger partial charge is 0.465 e. The molecular formula is C30H36N2O2. The van der Waals surface area contributed by atoms with Gasteiger partial charge in [-0.1, -0.05) is 50.1 Å². The number of carbonyl (C=O) groups excluding carboxylic acids is 1. The summed E-state index contributed by atoms with van der Waals surface area (Å²) >= 11 is 0. The molecule has 34 heavy (non-hydrogen) atoms. The zero-order valence-electron chi connectivity index (χ0n) is 20.8. The van der Waals surface area contributed by atoms with E-state index in [9.17, 15) is 4.79 Å². The standard InChI is InChI=1S/C30H36N2O2/c1-5-18-31-24-14-10-22(11-15-24)27-19-20(2)28(29(21(27)3)30(33)34-4)23-12-16-26(17-13-23)32-25-8-6-7-9-25/h10-17,19,25,31-32H,5-9,18H2,1-4H3. The van der Waals surface area contributed by atoms with Crippen molar-refractivity contribution in [2.24, 2.45) is 0 Å². The third kappa shape index (κ3) is 5.11. The lowest BCUT2D eigenvalue weighted by atomic mass is 9.86. The number of aryl methyl sites for hydroxylation is 1. The van der Waals surface area contributed by atoms with Crippen molar-refractivity contribution < 1.29 is 9.53 Å². The number of carbonyl (C=O) groups is 1. The van der Waals surface area contributed by atoms with Crippen LogP contribution in [0.25, 0.3) is 22.3 Å². The minimum Gasteiger partial charge on any atom is -0.465 e. The number of esters is 1. The fourth-order valence-corrected chi connectivity index (χ4v) is 5.02. The van der Waals surface area contributed by atoms with Crippen LogP contribution in [0.4, 0.5) is 11.4 Å². The van der Waals surface area contributed by atoms with Crippen molar-refractivity contribution in [2.45, 2.75) is 58.9 Å². The normalized spacial score (nSPS) is 13.6. The van der Waals surface area contributed by atoms with Gasteiger partial charge >= 0.3 is 5.97 Å². The Hall–Kier alpha value is -3.27. The van der Waals surface area contributed by atoms with Gasteiger partial charge in [-0.05, 0) is 90.8 Å². The number of hydrogen-bond donors (Lipinski definition) is 2. The Morgan fingerprint density at radius 2 is 1.56 bits per heavy atom. The van der Waals surface area contributed by atoms with Gasteiger partial charge in [0.25, 0.3) is 0 Å². The van der Waals surface area contributed by atoms with Gasteiger partial charge in [0.05, 0.1) is 12.7 Å². The first-order valence-corrected chi connectivity index (χ1v) is 12.5. The van der Waals surface area contributed by atoms with Crippen molar-refractivity contribution in [3.63, 3.8) is 0 Å². The van der Waals surface area contributed by atoms with E-state index in [1.165, 1.54) is 32.8 Å². The molecule has 1 aliphatic carbocycles. The average Bonchev–Trinajstić information content (AvgIpc) is 3.37. The first kappa shape index (κ1) is 23.9. The average molecular weight is 457 g/mol. The van der Waals surface area contributed by atoms with Crippen LogP contribution in [0.5, 0.6) is 0 Å². The second-order valence-electron chi connectivity index (χ2n) is 9.31. The van der Waals surface area contributed by atoms with E-state index in [4.69, 9.17) is 4.74 Å². The zero-order chi connectivity index (χ0) is 24.1. The van der Waals surface area contributed by atoms with E-state index in [1.54, 1.807) is 0 Å². The van der Waals surface area contributed by atoms with Crippen molar-refractivity contribution >= 4 is 17.3 Å². The molecule has 2 N–H and O–H groups in total. The number of nitrogens with one attached hydrogen (secondary N) is 2. The van der Waals surface area contributed by atoms with E-state index in [2.05, 4.69) is 79.1 Å². The number of benzene rings is 3. The van der Waals surface area contributed by atoms with Gasteiger partial charge in [-0.15, -0.1) is 0 Å². The van der Waals surface area contributed by atoms with E-state index >= 15 is 0 Å². The maximum Gasteiger partial charge on any atom is 0.338 e. The van der Waals surface area contributed by atoms with Crippen LogP contribution in [0, 0.1) is 13.8 Å². The van der Waals surface area contributed by atoms with Crippen LogP contribution >= 0.6 is 0 Å². The quantitative estimate of drug-likeness (QED) is 0.343. The van der Waals surface area contributed by atoms with Gasteiger partial charge in [-0.2, -0.15) is 0 Å². The maximum atomic E-state index is 13.0. The topological polar surface area (TPSA) is 50.4 Å².